The molecule has 0 aliphatic carbocycles. The lowest BCUT2D eigenvalue weighted by Gasteiger charge is -2.25. The molecule has 1 aliphatic rings. The molecule has 0 saturated carbocycles. The minimum absolute atomic E-state index is 0.0703. The number of hydrogen-bond donors (Lipinski definition) is 0. The molecule has 1 aliphatic heterocycles. The lowest BCUT2D eigenvalue weighted by molar-refractivity contribution is 0.305. The molecule has 0 unspecified atom stereocenters. The number of rotatable bonds is 5. The van der Waals surface area contributed by atoms with Gasteiger partial charge in [0, 0.05) is 30.3 Å². The van der Waals surface area contributed by atoms with Crippen molar-refractivity contribution in [3.63, 3.8) is 0 Å². The van der Waals surface area contributed by atoms with Crippen molar-refractivity contribution in [3.05, 3.63) is 76.1 Å². The van der Waals surface area contributed by atoms with Gasteiger partial charge in [-0.3, -0.25) is 4.79 Å². The molecule has 0 saturated heterocycles. The first kappa shape index (κ1) is 17.2. The van der Waals surface area contributed by atoms with Crippen LogP contribution in [0.15, 0.2) is 59.4 Å². The van der Waals surface area contributed by atoms with Gasteiger partial charge >= 0.3 is 0 Å². The molecule has 0 bridgehead atoms. The summed E-state index contributed by atoms with van der Waals surface area (Å²) in [5.74, 6) is 2.00. The molecule has 0 fully saturated rings. The van der Waals surface area contributed by atoms with E-state index in [1.165, 1.54) is 0 Å². The molecule has 0 N–H and O–H groups in total. The van der Waals surface area contributed by atoms with Crippen LogP contribution in [0, 0.1) is 0 Å². The lowest BCUT2D eigenvalue weighted by Crippen LogP contribution is -2.26. The number of benzene rings is 2. The molecular weight excluding hydrogens is 342 g/mol. The summed E-state index contributed by atoms with van der Waals surface area (Å²) in [6, 6.07) is 17.2. The van der Waals surface area contributed by atoms with Crippen LogP contribution in [-0.2, 0) is 19.6 Å². The van der Waals surface area contributed by atoms with Crippen LogP contribution >= 0.6 is 0 Å². The van der Waals surface area contributed by atoms with Gasteiger partial charge in [-0.25, -0.2) is 0 Å². The first-order valence-electron chi connectivity index (χ1n) is 8.86. The molecule has 2 heterocycles. The van der Waals surface area contributed by atoms with E-state index in [2.05, 4.69) is 0 Å². The molecule has 0 atom stereocenters. The normalized spacial score (nSPS) is 12.1. The molecule has 1 aromatic heterocycles. The van der Waals surface area contributed by atoms with Gasteiger partial charge < -0.3 is 18.8 Å². The van der Waals surface area contributed by atoms with Gasteiger partial charge in [0.25, 0.3) is 5.56 Å². The van der Waals surface area contributed by atoms with Gasteiger partial charge in [-0.2, -0.15) is 0 Å². The number of hydrogen-bond acceptors (Lipinski definition) is 4. The van der Waals surface area contributed by atoms with Gasteiger partial charge in [0.1, 0.15) is 23.9 Å². The van der Waals surface area contributed by atoms with Gasteiger partial charge in [0.05, 0.1) is 19.9 Å². The maximum Gasteiger partial charge on any atom is 0.254 e. The van der Waals surface area contributed by atoms with E-state index in [-0.39, 0.29) is 5.56 Å². The minimum atomic E-state index is -0.0703. The zero-order valence-electron chi connectivity index (χ0n) is 15.4. The van der Waals surface area contributed by atoms with E-state index < -0.39 is 0 Å². The van der Waals surface area contributed by atoms with Gasteiger partial charge in [-0.1, -0.05) is 30.3 Å². The minimum Gasteiger partial charge on any atom is -0.497 e. The van der Waals surface area contributed by atoms with Crippen molar-refractivity contribution in [2.45, 2.75) is 19.6 Å². The van der Waals surface area contributed by atoms with Crippen LogP contribution in [0.4, 0.5) is 0 Å². The van der Waals surface area contributed by atoms with E-state index >= 15 is 0 Å². The number of nitrogens with zero attached hydrogens (tertiary/aromatic N) is 1. The fraction of sp³-hybridized carbons (Fsp3) is 0.227. The van der Waals surface area contributed by atoms with Crippen molar-refractivity contribution < 1.29 is 14.2 Å². The third kappa shape index (κ3) is 3.28. The van der Waals surface area contributed by atoms with E-state index in [0.29, 0.717) is 24.7 Å². The highest BCUT2D eigenvalue weighted by Crippen LogP contribution is 2.40. The smallest absolute Gasteiger partial charge is 0.254 e. The van der Waals surface area contributed by atoms with E-state index in [0.717, 1.165) is 34.6 Å². The van der Waals surface area contributed by atoms with E-state index in [9.17, 15) is 4.79 Å². The van der Waals surface area contributed by atoms with E-state index in [4.69, 9.17) is 14.2 Å². The van der Waals surface area contributed by atoms with Crippen molar-refractivity contribution in [1.82, 2.24) is 4.57 Å². The number of ether oxygens (including phenoxy) is 3. The molecule has 0 amide bonds. The SMILES string of the molecule is COc1cc2c(c(OC)c1)-c1cc(OCc3ccccc3)cc(=O)n1CC2. The zero-order valence-corrected chi connectivity index (χ0v) is 15.4. The van der Waals surface area contributed by atoms with Crippen molar-refractivity contribution in [2.24, 2.45) is 0 Å². The highest BCUT2D eigenvalue weighted by Gasteiger charge is 2.23. The molecule has 0 radical (unpaired) electrons. The Kier molecular flexibility index (Phi) is 4.59. The zero-order chi connectivity index (χ0) is 18.8. The summed E-state index contributed by atoms with van der Waals surface area (Å²) in [5.41, 5.74) is 3.82. The van der Waals surface area contributed by atoms with Crippen LogP contribution in [0.25, 0.3) is 11.3 Å². The number of pyridine rings is 1. The van der Waals surface area contributed by atoms with Crippen LogP contribution < -0.4 is 19.8 Å². The second-order valence-corrected chi connectivity index (χ2v) is 6.45. The third-order valence-electron chi connectivity index (χ3n) is 4.82. The van der Waals surface area contributed by atoms with Crippen LogP contribution in [-0.4, -0.2) is 18.8 Å². The number of fused-ring (bicyclic) bond motifs is 3. The Morgan fingerprint density at radius 2 is 1.78 bits per heavy atom. The molecule has 5 nitrogen and oxygen atoms in total. The molecule has 4 rings (SSSR count). The van der Waals surface area contributed by atoms with Crippen molar-refractivity contribution in [2.75, 3.05) is 14.2 Å². The van der Waals surface area contributed by atoms with E-state index in [1.54, 1.807) is 24.9 Å². The van der Waals surface area contributed by atoms with Gasteiger partial charge in [-0.15, -0.1) is 0 Å². The Bertz CT molecular complexity index is 1010. The monoisotopic (exact) mass is 363 g/mol. The van der Waals surface area contributed by atoms with Crippen LogP contribution in [0.1, 0.15) is 11.1 Å². The molecule has 5 heteroatoms. The maximum atomic E-state index is 12.6. The topological polar surface area (TPSA) is 49.7 Å². The summed E-state index contributed by atoms with van der Waals surface area (Å²) in [6.45, 7) is 1.03. The predicted molar refractivity (Wildman–Crippen MR) is 104 cm³/mol. The lowest BCUT2D eigenvalue weighted by atomic mass is 9.95. The Balaban J connectivity index is 1.75. The summed E-state index contributed by atoms with van der Waals surface area (Å²) in [6.07, 6.45) is 0.750. The standard InChI is InChI=1S/C22H21NO4/c1-25-17-10-16-8-9-23-19(22(16)20(12-17)26-2)11-18(13-21(23)24)27-14-15-6-4-3-5-7-15/h3-7,10-13H,8-9,14H2,1-2H3. The molecule has 138 valence electrons. The largest absolute Gasteiger partial charge is 0.497 e. The Labute approximate surface area is 157 Å². The number of aromatic nitrogens is 1. The molecule has 27 heavy (non-hydrogen) atoms. The van der Waals surface area contributed by atoms with Gasteiger partial charge in [0.15, 0.2) is 0 Å². The second-order valence-electron chi connectivity index (χ2n) is 6.45. The summed E-state index contributed by atoms with van der Waals surface area (Å²) in [5, 5.41) is 0. The molecule has 3 aromatic rings. The predicted octanol–water partition coefficient (Wildman–Crippen LogP) is 3.67. The van der Waals surface area contributed by atoms with E-state index in [1.807, 2.05) is 48.5 Å². The third-order valence-corrected chi connectivity index (χ3v) is 4.82. The first-order chi connectivity index (χ1) is 13.2. The maximum absolute atomic E-state index is 12.6. The van der Waals surface area contributed by atoms with Crippen molar-refractivity contribution in [1.29, 1.82) is 0 Å². The highest BCUT2D eigenvalue weighted by atomic mass is 16.5. The summed E-state index contributed by atoms with van der Waals surface area (Å²) in [7, 11) is 3.26. The average Bonchev–Trinajstić information content (AvgIpc) is 2.71. The van der Waals surface area contributed by atoms with Gasteiger partial charge in [0.2, 0.25) is 0 Å². The average molecular weight is 363 g/mol. The summed E-state index contributed by atoms with van der Waals surface area (Å²) in [4.78, 5) is 12.6. The van der Waals surface area contributed by atoms with Crippen LogP contribution in [0.5, 0.6) is 17.2 Å². The first-order valence-corrected chi connectivity index (χ1v) is 8.86. The number of methoxy groups -OCH3 is 2. The highest BCUT2D eigenvalue weighted by molar-refractivity contribution is 5.75. The number of aryl methyl sites for hydroxylation is 1. The Hall–Kier alpha value is -3.21. The van der Waals surface area contributed by atoms with Crippen LogP contribution in [0.2, 0.25) is 0 Å². The quantitative estimate of drug-likeness (QED) is 0.694. The summed E-state index contributed by atoms with van der Waals surface area (Å²) < 4.78 is 18.6. The Morgan fingerprint density at radius 3 is 2.52 bits per heavy atom. The van der Waals surface area contributed by atoms with Crippen molar-refractivity contribution in [3.8, 4) is 28.5 Å². The van der Waals surface area contributed by atoms with Crippen molar-refractivity contribution >= 4 is 0 Å². The molecular formula is C22H21NO4. The fourth-order valence-electron chi connectivity index (χ4n) is 3.48. The summed E-state index contributed by atoms with van der Waals surface area (Å²) >= 11 is 0. The molecule has 0 spiro atoms. The second kappa shape index (κ2) is 7.19. The van der Waals surface area contributed by atoms with Crippen LogP contribution in [0.3, 0.4) is 0 Å². The Morgan fingerprint density at radius 1 is 0.963 bits per heavy atom. The molecule has 2 aromatic carbocycles. The fourth-order valence-corrected chi connectivity index (χ4v) is 3.48. The van der Waals surface area contributed by atoms with Gasteiger partial charge in [-0.05, 0) is 23.6 Å².